The Kier molecular flexibility index (Phi) is 4.02. The van der Waals surface area contributed by atoms with Crippen molar-refractivity contribution in [3.8, 4) is 5.75 Å². The average Bonchev–Trinajstić information content (AvgIpc) is 2.83. The summed E-state index contributed by atoms with van der Waals surface area (Å²) >= 11 is 0. The Morgan fingerprint density at radius 1 is 1.47 bits per heavy atom. The topological polar surface area (TPSA) is 82.2 Å². The van der Waals surface area contributed by atoms with Gasteiger partial charge in [0.25, 0.3) is 0 Å². The Hall–Kier alpha value is -2.50. The smallest absolute Gasteiger partial charge is 0.239 e. The number of carbonyl (C=O) groups is 1. The number of hydrogen-bond acceptors (Lipinski definition) is 4. The van der Waals surface area contributed by atoms with Crippen molar-refractivity contribution in [2.45, 2.75) is 13.1 Å². The lowest BCUT2D eigenvalue weighted by molar-refractivity contribution is -0.118. The molecule has 6 heteroatoms. The highest BCUT2D eigenvalue weighted by Gasteiger charge is 2.03. The number of primary amides is 1. The van der Waals surface area contributed by atoms with Crippen LogP contribution < -0.4 is 15.8 Å². The first-order chi connectivity index (χ1) is 9.19. The van der Waals surface area contributed by atoms with Gasteiger partial charge in [-0.1, -0.05) is 18.2 Å². The lowest BCUT2D eigenvalue weighted by Gasteiger charge is -2.08. The van der Waals surface area contributed by atoms with Gasteiger partial charge in [-0.2, -0.15) is 5.10 Å². The van der Waals surface area contributed by atoms with Gasteiger partial charge in [-0.15, -0.1) is 0 Å². The molecule has 100 valence electrons. The molecule has 3 N–H and O–H groups in total. The van der Waals surface area contributed by atoms with Crippen LogP contribution in [0, 0.1) is 0 Å². The summed E-state index contributed by atoms with van der Waals surface area (Å²) < 4.78 is 6.76. The molecule has 1 aromatic carbocycles. The fraction of sp³-hybridized carbons (Fsp3) is 0.231. The summed E-state index contributed by atoms with van der Waals surface area (Å²) in [7, 11) is 1.64. The summed E-state index contributed by atoms with van der Waals surface area (Å²) in [5.74, 6) is 0.416. The second-order valence-corrected chi connectivity index (χ2v) is 4.06. The van der Waals surface area contributed by atoms with Crippen LogP contribution in [-0.2, 0) is 17.9 Å². The largest absolute Gasteiger partial charge is 0.496 e. The predicted octanol–water partition coefficient (Wildman–Crippen LogP) is 0.989. The number of nitrogens with zero attached hydrogens (tertiary/aromatic N) is 2. The number of amides is 1. The molecule has 2 rings (SSSR count). The summed E-state index contributed by atoms with van der Waals surface area (Å²) in [6.45, 7) is 0.697. The molecular weight excluding hydrogens is 244 g/mol. The molecule has 19 heavy (non-hydrogen) atoms. The highest BCUT2D eigenvalue weighted by atomic mass is 16.5. The van der Waals surface area contributed by atoms with Crippen molar-refractivity contribution in [3.05, 3.63) is 42.2 Å². The van der Waals surface area contributed by atoms with Gasteiger partial charge in [0.1, 0.15) is 12.3 Å². The van der Waals surface area contributed by atoms with Crippen molar-refractivity contribution in [1.82, 2.24) is 9.78 Å². The third-order valence-electron chi connectivity index (χ3n) is 2.63. The van der Waals surface area contributed by atoms with Crippen LogP contribution >= 0.6 is 0 Å². The van der Waals surface area contributed by atoms with Crippen molar-refractivity contribution in [3.63, 3.8) is 0 Å². The van der Waals surface area contributed by atoms with Gasteiger partial charge >= 0.3 is 0 Å². The SMILES string of the molecule is COc1ccccc1CNc1cnn(CC(N)=O)c1. The summed E-state index contributed by atoms with van der Waals surface area (Å²) in [6.07, 6.45) is 3.39. The minimum absolute atomic E-state index is 0.0797. The van der Waals surface area contributed by atoms with Crippen molar-refractivity contribution in [1.29, 1.82) is 0 Å². The van der Waals surface area contributed by atoms with E-state index in [4.69, 9.17) is 10.5 Å². The van der Waals surface area contributed by atoms with E-state index in [1.165, 1.54) is 4.68 Å². The highest BCUT2D eigenvalue weighted by Crippen LogP contribution is 2.18. The molecule has 0 fully saturated rings. The van der Waals surface area contributed by atoms with E-state index in [0.29, 0.717) is 6.54 Å². The van der Waals surface area contributed by atoms with Crippen molar-refractivity contribution >= 4 is 11.6 Å². The maximum Gasteiger partial charge on any atom is 0.239 e. The number of rotatable bonds is 6. The molecule has 2 aromatic rings. The van der Waals surface area contributed by atoms with E-state index in [1.54, 1.807) is 19.5 Å². The molecule has 0 saturated heterocycles. The molecule has 0 atom stereocenters. The van der Waals surface area contributed by atoms with Crippen molar-refractivity contribution in [2.75, 3.05) is 12.4 Å². The van der Waals surface area contributed by atoms with E-state index >= 15 is 0 Å². The van der Waals surface area contributed by atoms with Crippen LogP contribution in [0.4, 0.5) is 5.69 Å². The minimum Gasteiger partial charge on any atom is -0.496 e. The zero-order valence-electron chi connectivity index (χ0n) is 10.7. The normalized spacial score (nSPS) is 10.2. The van der Waals surface area contributed by atoms with E-state index in [2.05, 4.69) is 10.4 Å². The lowest BCUT2D eigenvalue weighted by Crippen LogP contribution is -2.18. The van der Waals surface area contributed by atoms with E-state index in [9.17, 15) is 4.79 Å². The van der Waals surface area contributed by atoms with Crippen LogP contribution in [0.1, 0.15) is 5.56 Å². The molecule has 0 aliphatic carbocycles. The van der Waals surface area contributed by atoms with E-state index in [-0.39, 0.29) is 6.54 Å². The van der Waals surface area contributed by atoms with Gasteiger partial charge < -0.3 is 15.8 Å². The predicted molar refractivity (Wildman–Crippen MR) is 71.7 cm³/mol. The number of methoxy groups -OCH3 is 1. The maximum atomic E-state index is 10.8. The average molecular weight is 260 g/mol. The fourth-order valence-corrected chi connectivity index (χ4v) is 1.75. The van der Waals surface area contributed by atoms with Gasteiger partial charge in [0, 0.05) is 18.3 Å². The highest BCUT2D eigenvalue weighted by molar-refractivity contribution is 5.73. The summed E-state index contributed by atoms with van der Waals surface area (Å²) in [5, 5.41) is 7.25. The van der Waals surface area contributed by atoms with Crippen molar-refractivity contribution in [2.24, 2.45) is 5.73 Å². The van der Waals surface area contributed by atoms with Crippen LogP contribution in [0.5, 0.6) is 5.75 Å². The van der Waals surface area contributed by atoms with E-state index < -0.39 is 5.91 Å². The number of hydrogen-bond donors (Lipinski definition) is 2. The molecule has 0 aliphatic heterocycles. The van der Waals surface area contributed by atoms with Crippen LogP contribution in [0.3, 0.4) is 0 Å². The third-order valence-corrected chi connectivity index (χ3v) is 2.63. The molecular formula is C13H16N4O2. The van der Waals surface area contributed by atoms with Gasteiger partial charge in [0.2, 0.25) is 5.91 Å². The Bertz CT molecular complexity index is 565. The van der Waals surface area contributed by atoms with Gasteiger partial charge in [-0.05, 0) is 6.07 Å². The number of nitrogens with one attached hydrogen (secondary N) is 1. The number of ether oxygens (including phenoxy) is 1. The Morgan fingerprint density at radius 3 is 3.00 bits per heavy atom. The molecule has 0 spiro atoms. The second-order valence-electron chi connectivity index (χ2n) is 4.06. The van der Waals surface area contributed by atoms with Crippen LogP contribution in [0.15, 0.2) is 36.7 Å². The van der Waals surface area contributed by atoms with Crippen molar-refractivity contribution < 1.29 is 9.53 Å². The van der Waals surface area contributed by atoms with Gasteiger partial charge in [-0.25, -0.2) is 0 Å². The first kappa shape index (κ1) is 12.9. The summed E-state index contributed by atoms with van der Waals surface area (Å²) in [5.41, 5.74) is 6.97. The Labute approximate surface area is 111 Å². The zero-order chi connectivity index (χ0) is 13.7. The number of nitrogens with two attached hydrogens (primary N) is 1. The number of para-hydroxylation sites is 1. The standard InChI is InChI=1S/C13H16N4O2/c1-19-12-5-3-2-4-10(12)6-15-11-7-16-17(8-11)9-13(14)18/h2-5,7-8,15H,6,9H2,1H3,(H2,14,18). The monoisotopic (exact) mass is 260 g/mol. The first-order valence-electron chi connectivity index (χ1n) is 5.85. The Balaban J connectivity index is 1.98. The molecule has 0 bridgehead atoms. The molecule has 1 amide bonds. The minimum atomic E-state index is -0.417. The number of benzene rings is 1. The molecule has 1 aromatic heterocycles. The van der Waals surface area contributed by atoms with Crippen LogP contribution in [0.2, 0.25) is 0 Å². The summed E-state index contributed by atoms with van der Waals surface area (Å²) in [4.78, 5) is 10.8. The number of anilines is 1. The number of carbonyl (C=O) groups excluding carboxylic acids is 1. The lowest BCUT2D eigenvalue weighted by atomic mass is 10.2. The fourth-order valence-electron chi connectivity index (χ4n) is 1.75. The van der Waals surface area contributed by atoms with E-state index in [1.807, 2.05) is 24.3 Å². The van der Waals surface area contributed by atoms with Gasteiger partial charge in [0.15, 0.2) is 0 Å². The van der Waals surface area contributed by atoms with Gasteiger partial charge in [-0.3, -0.25) is 9.48 Å². The second kappa shape index (κ2) is 5.90. The summed E-state index contributed by atoms with van der Waals surface area (Å²) in [6, 6.07) is 7.77. The van der Waals surface area contributed by atoms with Gasteiger partial charge in [0.05, 0.1) is 19.0 Å². The molecule has 0 radical (unpaired) electrons. The third kappa shape index (κ3) is 3.48. The molecule has 1 heterocycles. The molecule has 0 aliphatic rings. The molecule has 0 unspecified atom stereocenters. The molecule has 6 nitrogen and oxygen atoms in total. The maximum absolute atomic E-state index is 10.8. The Morgan fingerprint density at radius 2 is 2.26 bits per heavy atom. The number of aromatic nitrogens is 2. The zero-order valence-corrected chi connectivity index (χ0v) is 10.7. The van der Waals surface area contributed by atoms with Crippen LogP contribution in [0.25, 0.3) is 0 Å². The van der Waals surface area contributed by atoms with E-state index in [0.717, 1.165) is 17.0 Å². The quantitative estimate of drug-likeness (QED) is 0.811. The molecule has 0 saturated carbocycles. The van der Waals surface area contributed by atoms with Crippen LogP contribution in [-0.4, -0.2) is 22.8 Å². The first-order valence-corrected chi connectivity index (χ1v) is 5.85.